The molecule has 22 heavy (non-hydrogen) atoms. The van der Waals surface area contributed by atoms with Crippen molar-refractivity contribution < 1.29 is 44.8 Å². The third kappa shape index (κ3) is 4.63. The van der Waals surface area contributed by atoms with Gasteiger partial charge in [0.2, 0.25) is 12.0 Å². The number of ether oxygens (including phenoxy) is 3. The normalized spacial score (nSPS) is 18.5. The van der Waals surface area contributed by atoms with Gasteiger partial charge in [0, 0.05) is 11.8 Å². The van der Waals surface area contributed by atoms with Crippen LogP contribution in [-0.4, -0.2) is 33.6 Å². The highest BCUT2D eigenvalue weighted by Gasteiger charge is 2.36. The Morgan fingerprint density at radius 1 is 1.45 bits per heavy atom. The first kappa shape index (κ1) is 17.1. The van der Waals surface area contributed by atoms with E-state index in [4.69, 9.17) is 20.2 Å². The lowest BCUT2D eigenvalue weighted by molar-refractivity contribution is -0.274. The Morgan fingerprint density at radius 2 is 2.09 bits per heavy atom. The number of carbonyl (C=O) groups excluding carboxylic acids is 1. The van der Waals surface area contributed by atoms with Crippen LogP contribution >= 0.6 is 22.0 Å². The zero-order valence-electron chi connectivity index (χ0n) is 10.3. The van der Waals surface area contributed by atoms with Crippen LogP contribution in [0.5, 0.6) is 11.5 Å². The molecule has 0 radical (unpaired) electrons. The number of carbonyl (C=O) groups is 1. The van der Waals surface area contributed by atoms with Crippen molar-refractivity contribution in [1.29, 1.82) is 0 Å². The lowest BCUT2D eigenvalue weighted by Crippen LogP contribution is -2.31. The molecule has 2 rings (SSSR count). The molecule has 1 fully saturated rings. The minimum Gasteiger partial charge on any atom is -0.431 e. The Labute approximate surface area is 130 Å². The second kappa shape index (κ2) is 6.10. The van der Waals surface area contributed by atoms with E-state index in [1.54, 1.807) is 0 Å². The van der Waals surface area contributed by atoms with Crippen molar-refractivity contribution in [2.75, 3.05) is 6.61 Å². The predicted molar refractivity (Wildman–Crippen MR) is 66.2 cm³/mol. The highest BCUT2D eigenvalue weighted by atomic mass is 35.7. The monoisotopic (exact) mass is 382 g/mol. The van der Waals surface area contributed by atoms with Crippen LogP contribution in [0, 0.1) is 0 Å². The molecule has 2 heterocycles. The smallest absolute Gasteiger partial charge is 0.431 e. The van der Waals surface area contributed by atoms with E-state index in [2.05, 4.69) is 8.92 Å². The van der Waals surface area contributed by atoms with Crippen molar-refractivity contribution in [1.82, 2.24) is 0 Å². The highest BCUT2D eigenvalue weighted by Crippen LogP contribution is 2.42. The molecule has 0 N–H and O–H groups in total. The van der Waals surface area contributed by atoms with Gasteiger partial charge in [-0.05, 0) is 0 Å². The van der Waals surface area contributed by atoms with E-state index >= 15 is 0 Å². The fourth-order valence-electron chi connectivity index (χ4n) is 1.33. The minimum atomic E-state index is -5.12. The number of halogens is 4. The molecule has 1 aliphatic heterocycles. The summed E-state index contributed by atoms with van der Waals surface area (Å²) in [5, 5.41) is 0.739. The largest absolute Gasteiger partial charge is 0.573 e. The molecular weight excluding hydrogens is 377 g/mol. The number of hydrogen-bond acceptors (Lipinski definition) is 8. The van der Waals surface area contributed by atoms with Crippen LogP contribution in [0.1, 0.15) is 16.1 Å². The van der Waals surface area contributed by atoms with Gasteiger partial charge in [0.05, 0.1) is 17.3 Å². The molecule has 1 unspecified atom stereocenters. The van der Waals surface area contributed by atoms with E-state index in [-0.39, 0.29) is 0 Å². The number of hydrogen-bond donors (Lipinski definition) is 0. The molecule has 1 saturated heterocycles. The molecule has 0 aromatic carbocycles. The third-order valence-corrected chi connectivity index (χ3v) is 3.68. The van der Waals surface area contributed by atoms with Crippen molar-refractivity contribution in [3.63, 3.8) is 0 Å². The molecule has 0 aliphatic carbocycles. The Balaban J connectivity index is 2.29. The van der Waals surface area contributed by atoms with Gasteiger partial charge in [-0.2, -0.15) is 8.42 Å². The molecule has 124 valence electrons. The second-order valence-corrected chi connectivity index (χ2v) is 6.74. The van der Waals surface area contributed by atoms with Crippen LogP contribution in [0.25, 0.3) is 0 Å². The molecule has 0 saturated carbocycles. The molecule has 1 aromatic rings. The Morgan fingerprint density at radius 3 is 2.55 bits per heavy atom. The van der Waals surface area contributed by atoms with Crippen LogP contribution < -0.4 is 8.92 Å². The van der Waals surface area contributed by atoms with E-state index in [1.807, 2.05) is 0 Å². The van der Waals surface area contributed by atoms with Crippen molar-refractivity contribution >= 4 is 37.3 Å². The summed E-state index contributed by atoms with van der Waals surface area (Å²) >= 11 is 0.439. The van der Waals surface area contributed by atoms with Gasteiger partial charge in [-0.25, -0.2) is 4.79 Å². The predicted octanol–water partition coefficient (Wildman–Crippen LogP) is 2.41. The third-order valence-electron chi connectivity index (χ3n) is 2.20. The van der Waals surface area contributed by atoms with E-state index < -0.39 is 44.3 Å². The van der Waals surface area contributed by atoms with Crippen LogP contribution in [0.3, 0.4) is 0 Å². The minimum absolute atomic E-state index is 0.365. The van der Waals surface area contributed by atoms with Crippen molar-refractivity contribution in [3.8, 4) is 11.5 Å². The van der Waals surface area contributed by atoms with E-state index in [0.717, 1.165) is 5.38 Å². The summed E-state index contributed by atoms with van der Waals surface area (Å²) in [4.78, 5) is 11.2. The zero-order chi connectivity index (χ0) is 16.5. The molecule has 1 aliphatic rings. The van der Waals surface area contributed by atoms with Gasteiger partial charge in [-0.15, -0.1) is 24.5 Å². The summed E-state index contributed by atoms with van der Waals surface area (Å²) in [5.74, 6) is -3.15. The molecule has 1 aromatic heterocycles. The van der Waals surface area contributed by atoms with E-state index in [9.17, 15) is 26.4 Å². The SMILES string of the molecule is O=C(OC1CCO1)c1scc(OC(F)(F)F)c1OS(=O)(=O)Cl. The molecule has 0 amide bonds. The number of rotatable bonds is 5. The van der Waals surface area contributed by atoms with Gasteiger partial charge in [-0.3, -0.25) is 0 Å². The average Bonchev–Trinajstić information content (AvgIpc) is 2.62. The van der Waals surface area contributed by atoms with E-state index in [1.165, 1.54) is 0 Å². The maximum atomic E-state index is 12.2. The fourth-order valence-corrected chi connectivity index (χ4v) is 2.71. The number of esters is 1. The van der Waals surface area contributed by atoms with Gasteiger partial charge in [0.1, 0.15) is 0 Å². The summed E-state index contributed by atoms with van der Waals surface area (Å²) < 4.78 is 75.9. The summed E-state index contributed by atoms with van der Waals surface area (Å²) in [6.07, 6.45) is -5.55. The quantitative estimate of drug-likeness (QED) is 0.570. The summed E-state index contributed by atoms with van der Waals surface area (Å²) in [5.41, 5.74) is 0. The molecule has 13 heteroatoms. The van der Waals surface area contributed by atoms with Crippen LogP contribution in [-0.2, 0) is 18.8 Å². The lowest BCUT2D eigenvalue weighted by Gasteiger charge is -2.25. The molecule has 0 bridgehead atoms. The first-order valence-corrected chi connectivity index (χ1v) is 8.50. The lowest BCUT2D eigenvalue weighted by atomic mass is 10.3. The van der Waals surface area contributed by atoms with Gasteiger partial charge < -0.3 is 18.4 Å². The van der Waals surface area contributed by atoms with Crippen LogP contribution in [0.2, 0.25) is 0 Å². The molecule has 1 atom stereocenters. The molecule has 7 nitrogen and oxygen atoms in total. The standard InChI is InChI=1S/C9H6ClF3O7S2/c10-22(15,16)20-6-4(19-9(11,12)13)3-21-7(6)8(14)18-5-1-2-17-5/h3,5H,1-2H2. The van der Waals surface area contributed by atoms with Gasteiger partial charge in [0.15, 0.2) is 10.6 Å². The van der Waals surface area contributed by atoms with Crippen molar-refractivity contribution in [2.24, 2.45) is 0 Å². The zero-order valence-corrected chi connectivity index (χ0v) is 12.6. The van der Waals surface area contributed by atoms with Crippen LogP contribution in [0.15, 0.2) is 5.38 Å². The maximum absolute atomic E-state index is 12.2. The average molecular weight is 383 g/mol. The topological polar surface area (TPSA) is 88.1 Å². The second-order valence-electron chi connectivity index (χ2n) is 3.78. The van der Waals surface area contributed by atoms with Crippen molar-refractivity contribution in [3.05, 3.63) is 10.3 Å². The van der Waals surface area contributed by atoms with Gasteiger partial charge in [-0.1, -0.05) is 0 Å². The summed E-state index contributed by atoms with van der Waals surface area (Å²) in [6.45, 7) is 0.365. The first-order chi connectivity index (χ1) is 10.1. The first-order valence-electron chi connectivity index (χ1n) is 5.39. The van der Waals surface area contributed by atoms with Gasteiger partial charge >= 0.3 is 21.7 Å². The molecular formula is C9H6ClF3O7S2. The molecule has 0 spiro atoms. The highest BCUT2D eigenvalue weighted by molar-refractivity contribution is 8.10. The fraction of sp³-hybridized carbons (Fsp3) is 0.444. The Hall–Kier alpha value is -1.24. The van der Waals surface area contributed by atoms with E-state index in [0.29, 0.717) is 24.4 Å². The Kier molecular flexibility index (Phi) is 4.75. The number of thiophene rings is 1. The summed E-state index contributed by atoms with van der Waals surface area (Å²) in [6, 6.07) is 0. The number of alkyl halides is 3. The van der Waals surface area contributed by atoms with Gasteiger partial charge in [0.25, 0.3) is 0 Å². The maximum Gasteiger partial charge on any atom is 0.573 e. The Bertz CT molecular complexity index is 665. The van der Waals surface area contributed by atoms with Crippen molar-refractivity contribution in [2.45, 2.75) is 19.1 Å². The summed E-state index contributed by atoms with van der Waals surface area (Å²) in [7, 11) is 0.121. The van der Waals surface area contributed by atoms with Crippen LogP contribution in [0.4, 0.5) is 13.2 Å².